The van der Waals surface area contributed by atoms with E-state index in [1.807, 2.05) is 25.4 Å². The maximum Gasteiger partial charge on any atom is 0.269 e. The lowest BCUT2D eigenvalue weighted by Gasteiger charge is -2.06. The molecule has 146 valence electrons. The fraction of sp³-hybridized carbons (Fsp3) is 0.286. The molecule has 0 bridgehead atoms. The largest absolute Gasteiger partial charge is 0.497 e. The van der Waals surface area contributed by atoms with Gasteiger partial charge in [-0.05, 0) is 49.2 Å². The Morgan fingerprint density at radius 3 is 2.50 bits per heavy atom. The Kier molecular flexibility index (Phi) is 6.39. The zero-order valence-electron chi connectivity index (χ0n) is 16.1. The minimum absolute atomic E-state index is 0.0814. The van der Waals surface area contributed by atoms with Crippen LogP contribution in [-0.4, -0.2) is 28.4 Å². The SMILES string of the molecule is COc1ccc(CCCNCc2cn(C)nc2-c2ccc([N+](=O)[O-])cc2)cc1. The standard InChI is InChI=1S/C21H24N4O3/c1-24-15-18(21(23-24)17-7-9-19(10-8-17)25(26)27)14-22-13-3-4-16-5-11-20(28-2)12-6-16/h5-12,15,22H,3-4,13-14H2,1-2H3. The molecule has 0 fully saturated rings. The van der Waals surface area contributed by atoms with Crippen molar-refractivity contribution >= 4 is 5.69 Å². The summed E-state index contributed by atoms with van der Waals surface area (Å²) in [6.07, 6.45) is 4.01. The summed E-state index contributed by atoms with van der Waals surface area (Å²) in [6, 6.07) is 14.6. The van der Waals surface area contributed by atoms with Gasteiger partial charge in [-0.1, -0.05) is 12.1 Å². The van der Waals surface area contributed by atoms with E-state index in [0.29, 0.717) is 6.54 Å². The van der Waals surface area contributed by atoms with Gasteiger partial charge in [0, 0.05) is 43.0 Å². The van der Waals surface area contributed by atoms with Gasteiger partial charge in [0.2, 0.25) is 0 Å². The molecule has 0 aliphatic rings. The number of rotatable bonds is 9. The summed E-state index contributed by atoms with van der Waals surface area (Å²) < 4.78 is 6.94. The second-order valence-electron chi connectivity index (χ2n) is 6.61. The predicted molar refractivity (Wildman–Crippen MR) is 108 cm³/mol. The van der Waals surface area contributed by atoms with Gasteiger partial charge < -0.3 is 10.1 Å². The summed E-state index contributed by atoms with van der Waals surface area (Å²) in [5.74, 6) is 0.872. The molecule has 3 aromatic rings. The first-order valence-electron chi connectivity index (χ1n) is 9.18. The van der Waals surface area contributed by atoms with Gasteiger partial charge in [-0.2, -0.15) is 5.10 Å². The molecule has 28 heavy (non-hydrogen) atoms. The number of aryl methyl sites for hydroxylation is 2. The Balaban J connectivity index is 1.54. The van der Waals surface area contributed by atoms with Gasteiger partial charge in [-0.3, -0.25) is 14.8 Å². The number of non-ortho nitro benzene ring substituents is 1. The van der Waals surface area contributed by atoms with Crippen LogP contribution in [0.3, 0.4) is 0 Å². The summed E-state index contributed by atoms with van der Waals surface area (Å²) in [7, 11) is 3.55. The van der Waals surface area contributed by atoms with Crippen molar-refractivity contribution in [1.29, 1.82) is 0 Å². The number of hydrogen-bond donors (Lipinski definition) is 1. The van der Waals surface area contributed by atoms with Gasteiger partial charge in [0.05, 0.1) is 17.7 Å². The molecule has 1 heterocycles. The first-order valence-corrected chi connectivity index (χ1v) is 9.18. The number of nitrogens with zero attached hydrogens (tertiary/aromatic N) is 3. The number of nitro benzene ring substituents is 1. The number of ether oxygens (including phenoxy) is 1. The molecule has 0 unspecified atom stereocenters. The van der Waals surface area contributed by atoms with Crippen LogP contribution in [0.4, 0.5) is 5.69 Å². The number of aromatic nitrogens is 2. The average molecular weight is 380 g/mol. The normalized spacial score (nSPS) is 10.8. The van der Waals surface area contributed by atoms with E-state index in [1.165, 1.54) is 17.7 Å². The van der Waals surface area contributed by atoms with E-state index in [-0.39, 0.29) is 5.69 Å². The number of methoxy groups -OCH3 is 1. The van der Waals surface area contributed by atoms with Crippen molar-refractivity contribution in [2.24, 2.45) is 7.05 Å². The smallest absolute Gasteiger partial charge is 0.269 e. The fourth-order valence-electron chi connectivity index (χ4n) is 3.08. The molecule has 0 saturated carbocycles. The van der Waals surface area contributed by atoms with Gasteiger partial charge in [-0.25, -0.2) is 0 Å². The van der Waals surface area contributed by atoms with Crippen LogP contribution >= 0.6 is 0 Å². The van der Waals surface area contributed by atoms with E-state index in [4.69, 9.17) is 4.74 Å². The molecule has 0 radical (unpaired) electrons. The van der Waals surface area contributed by atoms with Gasteiger partial charge in [0.1, 0.15) is 5.75 Å². The molecule has 0 aliphatic carbocycles. The average Bonchev–Trinajstić information content (AvgIpc) is 3.08. The highest BCUT2D eigenvalue weighted by Gasteiger charge is 2.12. The molecule has 2 aromatic carbocycles. The van der Waals surface area contributed by atoms with Crippen molar-refractivity contribution in [3.05, 3.63) is 76.0 Å². The highest BCUT2D eigenvalue weighted by molar-refractivity contribution is 5.64. The Bertz CT molecular complexity index is 918. The van der Waals surface area contributed by atoms with E-state index in [9.17, 15) is 10.1 Å². The van der Waals surface area contributed by atoms with Crippen LogP contribution in [0.1, 0.15) is 17.5 Å². The third-order valence-corrected chi connectivity index (χ3v) is 4.55. The molecule has 1 N–H and O–H groups in total. The maximum atomic E-state index is 10.8. The van der Waals surface area contributed by atoms with E-state index >= 15 is 0 Å². The number of nitro groups is 1. The van der Waals surface area contributed by atoms with E-state index in [1.54, 1.807) is 23.9 Å². The predicted octanol–water partition coefficient (Wildman–Crippen LogP) is 3.73. The monoisotopic (exact) mass is 380 g/mol. The molecule has 7 nitrogen and oxygen atoms in total. The Labute approximate surface area is 164 Å². The molecule has 0 atom stereocenters. The van der Waals surface area contributed by atoms with E-state index in [0.717, 1.165) is 42.0 Å². The third-order valence-electron chi connectivity index (χ3n) is 4.55. The lowest BCUT2D eigenvalue weighted by molar-refractivity contribution is -0.384. The molecule has 0 saturated heterocycles. The first kappa shape index (κ1) is 19.6. The Morgan fingerprint density at radius 2 is 1.86 bits per heavy atom. The van der Waals surface area contributed by atoms with Crippen molar-refractivity contribution < 1.29 is 9.66 Å². The van der Waals surface area contributed by atoms with Gasteiger partial charge in [-0.15, -0.1) is 0 Å². The lowest BCUT2D eigenvalue weighted by Crippen LogP contribution is -2.15. The highest BCUT2D eigenvalue weighted by Crippen LogP contribution is 2.24. The van der Waals surface area contributed by atoms with Crippen molar-refractivity contribution in [3.63, 3.8) is 0 Å². The third kappa shape index (κ3) is 4.95. The van der Waals surface area contributed by atoms with E-state index in [2.05, 4.69) is 22.5 Å². The fourth-order valence-corrected chi connectivity index (χ4v) is 3.08. The lowest BCUT2D eigenvalue weighted by atomic mass is 10.1. The molecular weight excluding hydrogens is 356 g/mol. The summed E-state index contributed by atoms with van der Waals surface area (Å²) in [4.78, 5) is 10.4. The van der Waals surface area contributed by atoms with Crippen LogP contribution in [0.5, 0.6) is 5.75 Å². The van der Waals surface area contributed by atoms with Crippen LogP contribution in [0.25, 0.3) is 11.3 Å². The molecule has 0 aliphatic heterocycles. The van der Waals surface area contributed by atoms with Crippen LogP contribution in [0.2, 0.25) is 0 Å². The summed E-state index contributed by atoms with van der Waals surface area (Å²) in [5.41, 5.74) is 4.16. The summed E-state index contributed by atoms with van der Waals surface area (Å²) >= 11 is 0. The maximum absolute atomic E-state index is 10.8. The van der Waals surface area contributed by atoms with Crippen LogP contribution in [0, 0.1) is 10.1 Å². The van der Waals surface area contributed by atoms with Crippen LogP contribution in [-0.2, 0) is 20.0 Å². The van der Waals surface area contributed by atoms with Gasteiger partial charge in [0.15, 0.2) is 0 Å². The number of benzene rings is 2. The molecule has 3 rings (SSSR count). The van der Waals surface area contributed by atoms with Gasteiger partial charge in [0.25, 0.3) is 5.69 Å². The van der Waals surface area contributed by atoms with Gasteiger partial charge >= 0.3 is 0 Å². The number of nitrogens with one attached hydrogen (secondary N) is 1. The first-order chi connectivity index (χ1) is 13.6. The summed E-state index contributed by atoms with van der Waals surface area (Å²) in [5, 5.41) is 18.8. The van der Waals surface area contributed by atoms with Crippen LogP contribution < -0.4 is 10.1 Å². The molecule has 7 heteroatoms. The van der Waals surface area contributed by atoms with E-state index < -0.39 is 4.92 Å². The van der Waals surface area contributed by atoms with Crippen molar-refractivity contribution in [2.45, 2.75) is 19.4 Å². The Hall–Kier alpha value is -3.19. The van der Waals surface area contributed by atoms with Crippen LogP contribution in [0.15, 0.2) is 54.7 Å². The molecular formula is C21H24N4O3. The second kappa shape index (κ2) is 9.14. The highest BCUT2D eigenvalue weighted by atomic mass is 16.6. The van der Waals surface area contributed by atoms with Crippen molar-refractivity contribution in [1.82, 2.24) is 15.1 Å². The van der Waals surface area contributed by atoms with Crippen molar-refractivity contribution in [2.75, 3.05) is 13.7 Å². The zero-order chi connectivity index (χ0) is 19.9. The topological polar surface area (TPSA) is 82.2 Å². The molecule has 0 amide bonds. The Morgan fingerprint density at radius 1 is 1.14 bits per heavy atom. The quantitative estimate of drug-likeness (QED) is 0.347. The summed E-state index contributed by atoms with van der Waals surface area (Å²) in [6.45, 7) is 1.59. The number of hydrogen-bond acceptors (Lipinski definition) is 5. The molecule has 0 spiro atoms. The minimum atomic E-state index is -0.395. The minimum Gasteiger partial charge on any atom is -0.497 e. The zero-order valence-corrected chi connectivity index (χ0v) is 16.1. The van der Waals surface area contributed by atoms with Crippen molar-refractivity contribution in [3.8, 4) is 17.0 Å². The second-order valence-corrected chi connectivity index (χ2v) is 6.61. The molecule has 1 aromatic heterocycles.